The number of aromatic nitrogens is 1. The van der Waals surface area contributed by atoms with Crippen LogP contribution in [0.1, 0.15) is 17.2 Å². The maximum Gasteiger partial charge on any atom is 0.135 e. The smallest absolute Gasteiger partial charge is 0.135 e. The molecule has 0 radical (unpaired) electrons. The summed E-state index contributed by atoms with van der Waals surface area (Å²) in [5, 5.41) is 4.37. The second-order valence-electron chi connectivity index (χ2n) is 4.73. The molecule has 0 bridgehead atoms. The van der Waals surface area contributed by atoms with Gasteiger partial charge in [-0.25, -0.2) is 4.98 Å². The summed E-state index contributed by atoms with van der Waals surface area (Å²) in [4.78, 5) is 4.14. The quantitative estimate of drug-likeness (QED) is 0.878. The first kappa shape index (κ1) is 13.8. The average molecular weight is 309 g/mol. The number of nitrogens with one attached hydrogen (secondary N) is 1. The lowest BCUT2D eigenvalue weighted by Crippen LogP contribution is -2.49. The average Bonchev–Trinajstić information content (AvgIpc) is 2.41. The largest absolute Gasteiger partial charge is 0.363 e. The third kappa shape index (κ3) is 2.96. The van der Waals surface area contributed by atoms with Crippen LogP contribution in [-0.4, -0.2) is 24.2 Å². The molecule has 1 fully saturated rings. The minimum Gasteiger partial charge on any atom is -0.363 e. The number of ether oxygens (including phenoxy) is 1. The summed E-state index contributed by atoms with van der Waals surface area (Å²) in [6, 6.07) is 11.4. The van der Waals surface area contributed by atoms with Gasteiger partial charge in [-0.3, -0.25) is 0 Å². The summed E-state index contributed by atoms with van der Waals surface area (Å²) in [6.45, 7) is 1.73. The third-order valence-electron chi connectivity index (χ3n) is 3.32. The Bertz CT molecular complexity index is 585. The number of benzene rings is 1. The van der Waals surface area contributed by atoms with E-state index in [0.29, 0.717) is 10.2 Å². The highest BCUT2D eigenvalue weighted by Crippen LogP contribution is 2.32. The molecule has 3 rings (SSSR count). The highest BCUT2D eigenvalue weighted by Gasteiger charge is 2.26. The van der Waals surface area contributed by atoms with Crippen LogP contribution >= 0.6 is 23.2 Å². The van der Waals surface area contributed by atoms with Gasteiger partial charge in [0.2, 0.25) is 0 Å². The minimum absolute atomic E-state index is 0.201. The molecule has 1 saturated heterocycles. The monoisotopic (exact) mass is 308 g/mol. The van der Waals surface area contributed by atoms with Crippen LogP contribution in [0.15, 0.2) is 42.6 Å². The molecule has 0 aliphatic carbocycles. The molecule has 1 unspecified atom stereocenters. The van der Waals surface area contributed by atoms with E-state index in [1.807, 2.05) is 36.4 Å². The summed E-state index contributed by atoms with van der Waals surface area (Å²) < 4.78 is 6.15. The van der Waals surface area contributed by atoms with Gasteiger partial charge in [-0.05, 0) is 23.8 Å². The van der Waals surface area contributed by atoms with Crippen molar-refractivity contribution >= 4 is 23.2 Å². The van der Waals surface area contributed by atoms with E-state index in [1.54, 1.807) is 6.20 Å². The summed E-state index contributed by atoms with van der Waals surface area (Å²) in [6.07, 6.45) is 1.66. The molecule has 2 heterocycles. The number of nitrogens with zero attached hydrogens (tertiary/aromatic N) is 1. The maximum atomic E-state index is 6.21. The van der Waals surface area contributed by atoms with Gasteiger partial charge in [0, 0.05) is 29.9 Å². The van der Waals surface area contributed by atoms with Gasteiger partial charge in [-0.15, -0.1) is 0 Å². The van der Waals surface area contributed by atoms with Crippen LogP contribution in [0.25, 0.3) is 0 Å². The molecular formula is C15H14Cl2N2O. The molecule has 0 saturated carbocycles. The zero-order chi connectivity index (χ0) is 13.9. The molecule has 5 heteroatoms. The van der Waals surface area contributed by atoms with Crippen LogP contribution in [0.4, 0.5) is 0 Å². The Kier molecular flexibility index (Phi) is 4.22. The fourth-order valence-electron chi connectivity index (χ4n) is 2.11. The zero-order valence-electron chi connectivity index (χ0n) is 10.7. The number of hydrogen-bond acceptors (Lipinski definition) is 3. The van der Waals surface area contributed by atoms with Gasteiger partial charge in [0.15, 0.2) is 0 Å². The van der Waals surface area contributed by atoms with Gasteiger partial charge in [-0.1, -0.05) is 41.4 Å². The standard InChI is InChI=1S/C15H14Cl2N2O/c16-11-5-3-10(4-6-11)14(20-12-8-18-9-12)13-2-1-7-19-15(13)17/h1-7,12,14,18H,8-9H2. The second kappa shape index (κ2) is 6.10. The van der Waals surface area contributed by atoms with Crippen LogP contribution < -0.4 is 5.32 Å². The van der Waals surface area contributed by atoms with E-state index < -0.39 is 0 Å². The van der Waals surface area contributed by atoms with Crippen molar-refractivity contribution in [1.82, 2.24) is 10.3 Å². The normalized spacial score (nSPS) is 16.7. The molecule has 20 heavy (non-hydrogen) atoms. The molecule has 0 amide bonds. The minimum atomic E-state index is -0.222. The van der Waals surface area contributed by atoms with Gasteiger partial charge in [-0.2, -0.15) is 0 Å². The van der Waals surface area contributed by atoms with Crippen LogP contribution in [0.5, 0.6) is 0 Å². The highest BCUT2D eigenvalue weighted by atomic mass is 35.5. The number of halogens is 2. The molecule has 104 valence electrons. The Morgan fingerprint density at radius 2 is 1.90 bits per heavy atom. The molecule has 2 aromatic rings. The molecule has 1 aromatic heterocycles. The van der Waals surface area contributed by atoms with Crippen LogP contribution in [0, 0.1) is 0 Å². The first-order valence-electron chi connectivity index (χ1n) is 6.46. The molecule has 1 N–H and O–H groups in total. The van der Waals surface area contributed by atoms with E-state index in [0.717, 1.165) is 24.2 Å². The van der Waals surface area contributed by atoms with Crippen molar-refractivity contribution in [2.24, 2.45) is 0 Å². The lowest BCUT2D eigenvalue weighted by atomic mass is 10.0. The fourth-order valence-corrected chi connectivity index (χ4v) is 2.46. The molecule has 1 atom stereocenters. The predicted octanol–water partition coefficient (Wildman–Crippen LogP) is 3.47. The molecule has 0 spiro atoms. The summed E-state index contributed by atoms with van der Waals surface area (Å²) in [5.74, 6) is 0. The van der Waals surface area contributed by atoms with E-state index in [-0.39, 0.29) is 12.2 Å². The summed E-state index contributed by atoms with van der Waals surface area (Å²) in [7, 11) is 0. The highest BCUT2D eigenvalue weighted by molar-refractivity contribution is 6.30. The van der Waals surface area contributed by atoms with Gasteiger partial charge in [0.25, 0.3) is 0 Å². The second-order valence-corrected chi connectivity index (χ2v) is 5.53. The van der Waals surface area contributed by atoms with E-state index in [9.17, 15) is 0 Å². The SMILES string of the molecule is Clc1ccc(C(OC2CNC2)c2cccnc2Cl)cc1. The van der Waals surface area contributed by atoms with Crippen molar-refractivity contribution in [3.63, 3.8) is 0 Å². The van der Waals surface area contributed by atoms with Gasteiger partial charge >= 0.3 is 0 Å². The third-order valence-corrected chi connectivity index (χ3v) is 3.88. The fraction of sp³-hybridized carbons (Fsp3) is 0.267. The first-order chi connectivity index (χ1) is 9.74. The number of pyridine rings is 1. The molecule has 1 aliphatic rings. The predicted molar refractivity (Wildman–Crippen MR) is 80.3 cm³/mol. The zero-order valence-corrected chi connectivity index (χ0v) is 12.2. The Labute approximate surface area is 127 Å². The van der Waals surface area contributed by atoms with Crippen molar-refractivity contribution in [2.75, 3.05) is 13.1 Å². The summed E-state index contributed by atoms with van der Waals surface area (Å²) >= 11 is 12.2. The lowest BCUT2D eigenvalue weighted by Gasteiger charge is -2.32. The van der Waals surface area contributed by atoms with E-state index in [2.05, 4.69) is 10.3 Å². The van der Waals surface area contributed by atoms with Crippen molar-refractivity contribution < 1.29 is 4.74 Å². The molecule has 1 aliphatic heterocycles. The van der Waals surface area contributed by atoms with Crippen molar-refractivity contribution in [1.29, 1.82) is 0 Å². The number of hydrogen-bond donors (Lipinski definition) is 1. The summed E-state index contributed by atoms with van der Waals surface area (Å²) in [5.41, 5.74) is 1.90. The number of rotatable bonds is 4. The van der Waals surface area contributed by atoms with Gasteiger partial charge in [0.05, 0.1) is 6.10 Å². The Morgan fingerprint density at radius 3 is 2.50 bits per heavy atom. The van der Waals surface area contributed by atoms with Crippen LogP contribution in [0.3, 0.4) is 0 Å². The molecule has 1 aromatic carbocycles. The van der Waals surface area contributed by atoms with Crippen LogP contribution in [0.2, 0.25) is 10.2 Å². The topological polar surface area (TPSA) is 34.1 Å². The first-order valence-corrected chi connectivity index (χ1v) is 7.21. The van der Waals surface area contributed by atoms with Gasteiger partial charge in [0.1, 0.15) is 11.3 Å². The van der Waals surface area contributed by atoms with Crippen molar-refractivity contribution in [3.05, 3.63) is 63.9 Å². The van der Waals surface area contributed by atoms with E-state index >= 15 is 0 Å². The van der Waals surface area contributed by atoms with Crippen molar-refractivity contribution in [3.8, 4) is 0 Å². The lowest BCUT2D eigenvalue weighted by molar-refractivity contribution is -0.0202. The Morgan fingerprint density at radius 1 is 1.15 bits per heavy atom. The van der Waals surface area contributed by atoms with Crippen molar-refractivity contribution in [2.45, 2.75) is 12.2 Å². The Hall–Kier alpha value is -1.13. The molecule has 3 nitrogen and oxygen atoms in total. The van der Waals surface area contributed by atoms with Crippen LogP contribution in [-0.2, 0) is 4.74 Å². The van der Waals surface area contributed by atoms with E-state index in [1.165, 1.54) is 0 Å². The molecular weight excluding hydrogens is 295 g/mol. The maximum absolute atomic E-state index is 6.21. The van der Waals surface area contributed by atoms with E-state index in [4.69, 9.17) is 27.9 Å². The Balaban J connectivity index is 1.94. The van der Waals surface area contributed by atoms with Gasteiger partial charge < -0.3 is 10.1 Å².